The van der Waals surface area contributed by atoms with E-state index in [1.807, 2.05) is 0 Å². The maximum absolute atomic E-state index is 12.1. The summed E-state index contributed by atoms with van der Waals surface area (Å²) in [7, 11) is 1.64. The highest BCUT2D eigenvalue weighted by atomic mass is 16.3. The monoisotopic (exact) mass is 391 g/mol. The van der Waals surface area contributed by atoms with Gasteiger partial charge in [-0.15, -0.1) is 0 Å². The number of anilines is 1. The number of benzene rings is 1. The van der Waals surface area contributed by atoms with Crippen LogP contribution in [-0.4, -0.2) is 57.0 Å². The summed E-state index contributed by atoms with van der Waals surface area (Å²) in [6.07, 6.45) is 3.93. The van der Waals surface area contributed by atoms with Gasteiger partial charge in [0.15, 0.2) is 11.5 Å². The Hall–Kier alpha value is -3.44. The summed E-state index contributed by atoms with van der Waals surface area (Å²) in [6, 6.07) is 7.41. The summed E-state index contributed by atoms with van der Waals surface area (Å²) in [6.45, 7) is 0.467. The maximum Gasteiger partial charge on any atom is 0.269 e. The first kappa shape index (κ1) is 18.9. The number of aliphatic hydroxyl groups is 1. The Morgan fingerprint density at radius 2 is 2.21 bits per heavy atom. The van der Waals surface area contributed by atoms with Gasteiger partial charge in [0.25, 0.3) is 11.8 Å². The number of nitrogens with two attached hydrogens (primary N) is 1. The minimum atomic E-state index is -1.66. The van der Waals surface area contributed by atoms with Gasteiger partial charge in [0.1, 0.15) is 0 Å². The van der Waals surface area contributed by atoms with E-state index in [-0.39, 0.29) is 12.1 Å². The number of likely N-dealkylation sites (tertiary alicyclic amines) is 1. The molecule has 2 aromatic rings. The molecule has 29 heavy (non-hydrogen) atoms. The molecule has 1 unspecified atom stereocenters. The average Bonchev–Trinajstić information content (AvgIpc) is 3.50. The summed E-state index contributed by atoms with van der Waals surface area (Å²) in [5, 5.41) is 13.6. The molecule has 1 aromatic carbocycles. The van der Waals surface area contributed by atoms with E-state index in [0.717, 1.165) is 12.8 Å². The number of carbonyl (C=O) groups excluding carboxylic acids is 2. The maximum atomic E-state index is 12.1. The smallest absolute Gasteiger partial charge is 0.269 e. The second-order valence-corrected chi connectivity index (χ2v) is 7.41. The minimum absolute atomic E-state index is 0.146. The molecule has 4 N–H and O–H groups in total. The molecular weight excluding hydrogens is 370 g/mol. The van der Waals surface area contributed by atoms with E-state index in [1.165, 1.54) is 4.90 Å². The molecule has 1 aliphatic heterocycles. The van der Waals surface area contributed by atoms with Crippen LogP contribution in [-0.2, 0) is 4.79 Å². The Balaban J connectivity index is 1.62. The molecule has 0 radical (unpaired) electrons. The molecule has 0 spiro atoms. The first-order valence-electron chi connectivity index (χ1n) is 9.41. The van der Waals surface area contributed by atoms with E-state index < -0.39 is 17.4 Å². The standard InChI is InChI=1S/C21H21N5O3/c1-26-10-9-21(29,20(26)28)8-7-13-3-2-4-14(11-13)19-23-12-16(24-15-5-6-15)17(25-19)18(22)27/h2-4,11-12,15,24,29H,5-6,9-10H2,1H3,(H2,22,27). The largest absolute Gasteiger partial charge is 0.379 e. The molecular formula is C21H21N5O3. The molecule has 8 nitrogen and oxygen atoms in total. The highest BCUT2D eigenvalue weighted by Gasteiger charge is 2.42. The molecule has 2 heterocycles. The molecule has 8 heteroatoms. The van der Waals surface area contributed by atoms with Crippen LogP contribution in [0.5, 0.6) is 0 Å². The fourth-order valence-electron chi connectivity index (χ4n) is 3.14. The van der Waals surface area contributed by atoms with Crippen molar-refractivity contribution in [2.45, 2.75) is 30.9 Å². The van der Waals surface area contributed by atoms with Gasteiger partial charge in [-0.2, -0.15) is 0 Å². The highest BCUT2D eigenvalue weighted by Crippen LogP contribution is 2.27. The normalized spacial score (nSPS) is 20.9. The molecule has 1 aliphatic carbocycles. The van der Waals surface area contributed by atoms with Crippen molar-refractivity contribution >= 4 is 17.5 Å². The predicted molar refractivity (Wildman–Crippen MR) is 107 cm³/mol. The molecule has 1 aromatic heterocycles. The number of aromatic nitrogens is 2. The second-order valence-electron chi connectivity index (χ2n) is 7.41. The first-order chi connectivity index (χ1) is 13.9. The summed E-state index contributed by atoms with van der Waals surface area (Å²) in [5.41, 5.74) is 5.76. The topological polar surface area (TPSA) is 121 Å². The Morgan fingerprint density at radius 3 is 2.86 bits per heavy atom. The lowest BCUT2D eigenvalue weighted by molar-refractivity contribution is -0.137. The van der Waals surface area contributed by atoms with Crippen LogP contribution in [0.2, 0.25) is 0 Å². The van der Waals surface area contributed by atoms with Crippen molar-refractivity contribution in [3.05, 3.63) is 41.7 Å². The van der Waals surface area contributed by atoms with Gasteiger partial charge in [-0.3, -0.25) is 9.59 Å². The van der Waals surface area contributed by atoms with Crippen molar-refractivity contribution in [2.75, 3.05) is 18.9 Å². The molecule has 2 fully saturated rings. The molecule has 2 aliphatic rings. The van der Waals surface area contributed by atoms with Gasteiger partial charge in [-0.05, 0) is 25.0 Å². The zero-order valence-electron chi connectivity index (χ0n) is 16.0. The van der Waals surface area contributed by atoms with Crippen LogP contribution in [0.1, 0.15) is 35.3 Å². The van der Waals surface area contributed by atoms with Crippen LogP contribution < -0.4 is 11.1 Å². The summed E-state index contributed by atoms with van der Waals surface area (Å²) in [4.78, 5) is 34.0. The van der Waals surface area contributed by atoms with Crippen LogP contribution in [0.15, 0.2) is 30.5 Å². The number of amides is 2. The first-order valence-corrected chi connectivity index (χ1v) is 9.41. The molecule has 0 bridgehead atoms. The third-order valence-electron chi connectivity index (χ3n) is 5.00. The average molecular weight is 391 g/mol. The van der Waals surface area contributed by atoms with Gasteiger partial charge < -0.3 is 21.1 Å². The van der Waals surface area contributed by atoms with E-state index in [1.54, 1.807) is 37.5 Å². The van der Waals surface area contributed by atoms with Crippen molar-refractivity contribution in [2.24, 2.45) is 5.73 Å². The Bertz CT molecular complexity index is 1050. The highest BCUT2D eigenvalue weighted by molar-refractivity contribution is 5.96. The van der Waals surface area contributed by atoms with Crippen LogP contribution in [0.25, 0.3) is 11.4 Å². The number of primary amides is 1. The fourth-order valence-corrected chi connectivity index (χ4v) is 3.14. The van der Waals surface area contributed by atoms with E-state index in [0.29, 0.717) is 35.2 Å². The lowest BCUT2D eigenvalue weighted by Gasteiger charge is -2.13. The number of carbonyl (C=O) groups is 2. The summed E-state index contributed by atoms with van der Waals surface area (Å²) < 4.78 is 0. The number of nitrogens with one attached hydrogen (secondary N) is 1. The second kappa shape index (κ2) is 7.18. The van der Waals surface area contributed by atoms with Crippen molar-refractivity contribution in [1.82, 2.24) is 14.9 Å². The predicted octanol–water partition coefficient (Wildman–Crippen LogP) is 0.761. The fraction of sp³-hybridized carbons (Fsp3) is 0.333. The van der Waals surface area contributed by atoms with E-state index >= 15 is 0 Å². The van der Waals surface area contributed by atoms with E-state index in [4.69, 9.17) is 5.73 Å². The molecule has 4 rings (SSSR count). The quantitative estimate of drug-likeness (QED) is 0.662. The number of rotatable bonds is 4. The number of nitrogens with zero attached hydrogens (tertiary/aromatic N) is 3. The van der Waals surface area contributed by atoms with Crippen LogP contribution in [0, 0.1) is 11.8 Å². The van der Waals surface area contributed by atoms with Crippen molar-refractivity contribution in [3.63, 3.8) is 0 Å². The Kier molecular flexibility index (Phi) is 4.68. The van der Waals surface area contributed by atoms with Crippen molar-refractivity contribution in [1.29, 1.82) is 0 Å². The number of hydrogen-bond donors (Lipinski definition) is 3. The zero-order chi connectivity index (χ0) is 20.6. The van der Waals surface area contributed by atoms with Crippen molar-refractivity contribution < 1.29 is 14.7 Å². The van der Waals surface area contributed by atoms with Crippen molar-refractivity contribution in [3.8, 4) is 23.2 Å². The SMILES string of the molecule is CN1CCC(O)(C#Cc2cccc(-c3ncc(NC4CC4)c(C(N)=O)n3)c2)C1=O. The third-order valence-corrected chi connectivity index (χ3v) is 5.00. The van der Waals surface area contributed by atoms with Crippen LogP contribution in [0.3, 0.4) is 0 Å². The van der Waals surface area contributed by atoms with Gasteiger partial charge in [0, 0.05) is 37.2 Å². The molecule has 1 atom stereocenters. The van der Waals surface area contributed by atoms with Gasteiger partial charge in [0.05, 0.1) is 11.9 Å². The van der Waals surface area contributed by atoms with E-state index in [2.05, 4.69) is 27.1 Å². The molecule has 1 saturated heterocycles. The summed E-state index contributed by atoms with van der Waals surface area (Å²) >= 11 is 0. The zero-order valence-corrected chi connectivity index (χ0v) is 16.0. The molecule has 1 saturated carbocycles. The van der Waals surface area contributed by atoms with Crippen LogP contribution in [0.4, 0.5) is 5.69 Å². The lowest BCUT2D eigenvalue weighted by atomic mass is 10.0. The molecule has 2 amide bonds. The van der Waals surface area contributed by atoms with Gasteiger partial charge in [-0.25, -0.2) is 9.97 Å². The lowest BCUT2D eigenvalue weighted by Crippen LogP contribution is -2.37. The van der Waals surface area contributed by atoms with Gasteiger partial charge in [0.2, 0.25) is 5.60 Å². The Labute approximate surface area is 168 Å². The van der Waals surface area contributed by atoms with Crippen LogP contribution >= 0.6 is 0 Å². The van der Waals surface area contributed by atoms with Gasteiger partial charge >= 0.3 is 0 Å². The third kappa shape index (κ3) is 3.91. The number of hydrogen-bond acceptors (Lipinski definition) is 6. The van der Waals surface area contributed by atoms with E-state index in [9.17, 15) is 14.7 Å². The number of likely N-dealkylation sites (N-methyl/N-ethyl adjacent to an activating group) is 1. The molecule has 148 valence electrons. The Morgan fingerprint density at radius 1 is 1.41 bits per heavy atom. The van der Waals surface area contributed by atoms with Gasteiger partial charge in [-0.1, -0.05) is 24.0 Å². The minimum Gasteiger partial charge on any atom is -0.379 e. The summed E-state index contributed by atoms with van der Waals surface area (Å²) in [5.74, 6) is 4.88.